The average Bonchev–Trinajstić information content (AvgIpc) is 2.05. The van der Waals surface area contributed by atoms with Gasteiger partial charge in [-0.2, -0.15) is 0 Å². The fourth-order valence-electron chi connectivity index (χ4n) is 0.727. The average molecular weight is 287 g/mol. The smallest absolute Gasteiger partial charge is 1.00 e. The Morgan fingerprint density at radius 1 is 1.31 bits per heavy atom. The second kappa shape index (κ2) is 7.93. The number of rotatable bonds is 2. The Hall–Kier alpha value is 0.576. The van der Waals surface area contributed by atoms with Gasteiger partial charge in [-0.15, -0.1) is 4.20 Å². The summed E-state index contributed by atoms with van der Waals surface area (Å²) in [5.41, 5.74) is 0.899. The maximum atomic E-state index is 4.97. The van der Waals surface area contributed by atoms with Crippen molar-refractivity contribution in [3.05, 3.63) is 29.8 Å². The van der Waals surface area contributed by atoms with Crippen molar-refractivity contribution in [1.29, 1.82) is 0 Å². The third kappa shape index (κ3) is 5.12. The zero-order valence-corrected chi connectivity index (χ0v) is 11.8. The van der Waals surface area contributed by atoms with Crippen LogP contribution in [0.5, 0.6) is 5.75 Å². The normalized spacial score (nSPS) is 7.77. The van der Waals surface area contributed by atoms with Gasteiger partial charge in [-0.3, -0.25) is 0 Å². The molecule has 0 N–H and O–H groups in total. The zero-order valence-electron chi connectivity index (χ0n) is 7.12. The van der Waals surface area contributed by atoms with Gasteiger partial charge < -0.3 is 46.6 Å². The first kappa shape index (κ1) is 16.0. The van der Waals surface area contributed by atoms with Gasteiger partial charge in [0.15, 0.2) is 0 Å². The molecule has 1 aromatic rings. The molecule has 1 aromatic carbocycles. The summed E-state index contributed by atoms with van der Waals surface area (Å²) in [5, 5.41) is 0. The number of benzene rings is 1. The molecule has 0 unspecified atom stereocenters. The van der Waals surface area contributed by atoms with E-state index in [1.54, 1.807) is 7.11 Å². The zero-order chi connectivity index (χ0) is 8.27. The third-order valence-electron chi connectivity index (χ3n) is 1.33. The molecule has 5 heteroatoms. The Morgan fingerprint density at radius 2 is 1.77 bits per heavy atom. The van der Waals surface area contributed by atoms with Gasteiger partial charge in [0.25, 0.3) is 0 Å². The minimum Gasteiger partial charge on any atom is -1.00 e. The predicted molar refractivity (Wildman–Crippen MR) is 57.8 cm³/mol. The monoisotopic (exact) mass is 286 g/mol. The van der Waals surface area contributed by atoms with Crippen LogP contribution in [0.1, 0.15) is 5.56 Å². The van der Waals surface area contributed by atoms with Gasteiger partial charge in [0.2, 0.25) is 0 Å². The van der Waals surface area contributed by atoms with Crippen molar-refractivity contribution in [2.75, 3.05) is 7.11 Å². The number of methoxy groups -OCH3 is 1. The van der Waals surface area contributed by atoms with Gasteiger partial charge >= 0.3 is 23.1 Å². The van der Waals surface area contributed by atoms with Crippen molar-refractivity contribution in [3.8, 4) is 5.75 Å². The number of halogens is 1. The maximum Gasteiger partial charge on any atom is 2.00 e. The molecule has 0 atom stereocenters. The summed E-state index contributed by atoms with van der Waals surface area (Å²) in [4.78, 5) is 0. The van der Waals surface area contributed by atoms with E-state index >= 15 is 0 Å². The Morgan fingerprint density at radius 3 is 2.08 bits per heavy atom. The minimum absolute atomic E-state index is 0. The predicted octanol–water partition coefficient (Wildman–Crippen LogP) is -1.46. The molecule has 0 aliphatic rings. The fraction of sp³-hybridized carbons (Fsp3) is 0.125. The molecule has 0 amide bonds. The summed E-state index contributed by atoms with van der Waals surface area (Å²) < 4.78 is 5.46. The van der Waals surface area contributed by atoms with Crippen LogP contribution in [0.4, 0.5) is 0 Å². The first-order valence-corrected chi connectivity index (χ1v) is 3.91. The van der Waals surface area contributed by atoms with Gasteiger partial charge in [0.1, 0.15) is 5.75 Å². The standard InChI is InChI=1S/C8H8OS2.BrH.Mg/c1-9-7-4-2-6(3-5-7)8(10)11;;/h2-5H,1H3,(H,10,11);1H;/q;;+2/p-2. The molecule has 0 spiro atoms. The van der Waals surface area contributed by atoms with E-state index in [2.05, 4.69) is 0 Å². The number of hydrogen-bond acceptors (Lipinski definition) is 3. The molecule has 0 saturated heterocycles. The van der Waals surface area contributed by atoms with E-state index in [1.165, 1.54) is 0 Å². The van der Waals surface area contributed by atoms with Crippen LogP contribution < -0.4 is 21.7 Å². The van der Waals surface area contributed by atoms with Crippen LogP contribution in [0.15, 0.2) is 24.3 Å². The van der Waals surface area contributed by atoms with Gasteiger partial charge in [-0.05, 0) is 17.7 Å². The largest absolute Gasteiger partial charge is 2.00 e. The summed E-state index contributed by atoms with van der Waals surface area (Å²) in [5.74, 6) is 0.819. The van der Waals surface area contributed by atoms with E-state index in [0.717, 1.165) is 11.3 Å². The van der Waals surface area contributed by atoms with E-state index in [4.69, 9.17) is 29.6 Å². The van der Waals surface area contributed by atoms with Crippen LogP contribution in [0.25, 0.3) is 0 Å². The first-order chi connectivity index (χ1) is 5.24. The summed E-state index contributed by atoms with van der Waals surface area (Å²) in [6.07, 6.45) is 0. The van der Waals surface area contributed by atoms with E-state index in [9.17, 15) is 0 Å². The van der Waals surface area contributed by atoms with Crippen molar-refractivity contribution in [2.45, 2.75) is 0 Å². The number of thiocarbonyl (C=S) groups is 1. The molecule has 1 rings (SSSR count). The van der Waals surface area contributed by atoms with Crippen LogP contribution >= 0.6 is 12.2 Å². The van der Waals surface area contributed by atoms with E-state index < -0.39 is 0 Å². The van der Waals surface area contributed by atoms with Crippen LogP contribution in [0.3, 0.4) is 0 Å². The van der Waals surface area contributed by atoms with Crippen molar-refractivity contribution in [3.63, 3.8) is 0 Å². The SMILES string of the molecule is COc1ccc(C(=S)[S-])cc1.[Br-].[Mg+2]. The summed E-state index contributed by atoms with van der Waals surface area (Å²) in [6.45, 7) is 0. The van der Waals surface area contributed by atoms with Crippen LogP contribution in [0, 0.1) is 0 Å². The molecule has 0 aliphatic heterocycles. The molecule has 0 fully saturated rings. The molecular weight excluding hydrogens is 280 g/mol. The molecule has 0 saturated carbocycles. The second-order valence-corrected chi connectivity index (χ2v) is 3.09. The number of ether oxygens (including phenoxy) is 1. The van der Waals surface area contributed by atoms with Crippen molar-refractivity contribution in [2.24, 2.45) is 0 Å². The number of hydrogen-bond donors (Lipinski definition) is 0. The molecule has 0 aromatic heterocycles. The van der Waals surface area contributed by atoms with Crippen molar-refractivity contribution >= 4 is 52.1 Å². The Bertz CT molecular complexity index is 263. The summed E-state index contributed by atoms with van der Waals surface area (Å²) in [6, 6.07) is 7.39. The van der Waals surface area contributed by atoms with E-state index in [-0.39, 0.29) is 40.0 Å². The molecule has 0 radical (unpaired) electrons. The van der Waals surface area contributed by atoms with Crippen LogP contribution in [0.2, 0.25) is 0 Å². The van der Waals surface area contributed by atoms with E-state index in [0.29, 0.717) is 4.20 Å². The van der Waals surface area contributed by atoms with E-state index in [1.807, 2.05) is 24.3 Å². The first-order valence-electron chi connectivity index (χ1n) is 3.09. The minimum atomic E-state index is 0. The van der Waals surface area contributed by atoms with Crippen LogP contribution in [-0.2, 0) is 12.6 Å². The molecule has 0 bridgehead atoms. The maximum absolute atomic E-state index is 4.97. The Kier molecular flexibility index (Phi) is 9.78. The van der Waals surface area contributed by atoms with Gasteiger partial charge in [0.05, 0.1) is 7.11 Å². The van der Waals surface area contributed by atoms with Gasteiger partial charge in [0, 0.05) is 0 Å². The van der Waals surface area contributed by atoms with Gasteiger partial charge in [-0.25, -0.2) is 0 Å². The third-order valence-corrected chi connectivity index (χ3v) is 1.80. The van der Waals surface area contributed by atoms with Gasteiger partial charge in [-0.1, -0.05) is 12.1 Å². The quantitative estimate of drug-likeness (QED) is 0.374. The second-order valence-electron chi connectivity index (χ2n) is 2.02. The molecule has 1 nitrogen and oxygen atoms in total. The topological polar surface area (TPSA) is 9.23 Å². The summed E-state index contributed by atoms with van der Waals surface area (Å²) in [7, 11) is 1.63. The van der Waals surface area contributed by atoms with Crippen molar-refractivity contribution < 1.29 is 21.7 Å². The molecular formula is C8H7BrMgOS2. The molecule has 0 heterocycles. The molecule has 0 aliphatic carbocycles. The Balaban J connectivity index is 0. The summed E-state index contributed by atoms with van der Waals surface area (Å²) >= 11 is 9.63. The fourth-order valence-corrected chi connectivity index (χ4v) is 0.999. The van der Waals surface area contributed by atoms with Crippen molar-refractivity contribution in [1.82, 2.24) is 0 Å². The molecule has 66 valence electrons. The van der Waals surface area contributed by atoms with Crippen LogP contribution in [-0.4, -0.2) is 34.4 Å². The Labute approximate surface area is 116 Å². The molecule has 13 heavy (non-hydrogen) atoms.